The number of carbonyl (C=O) groups excluding carboxylic acids is 1. The number of hydrogen-bond acceptors (Lipinski definition) is 3. The van der Waals surface area contributed by atoms with E-state index in [-0.39, 0.29) is 5.91 Å². The Hall–Kier alpha value is -1.26. The predicted octanol–water partition coefficient (Wildman–Crippen LogP) is 3.05. The minimum absolute atomic E-state index is 0.165. The molecule has 1 heterocycles. The van der Waals surface area contributed by atoms with Gasteiger partial charge in [0.25, 0.3) is 5.91 Å². The molecule has 0 N–H and O–H groups in total. The van der Waals surface area contributed by atoms with E-state index in [1.807, 2.05) is 0 Å². The highest BCUT2D eigenvalue weighted by molar-refractivity contribution is 6.30. The summed E-state index contributed by atoms with van der Waals surface area (Å²) < 4.78 is 5.74. The molecule has 1 aliphatic rings. The van der Waals surface area contributed by atoms with E-state index in [4.69, 9.17) is 21.2 Å². The van der Waals surface area contributed by atoms with Gasteiger partial charge in [0.1, 0.15) is 5.75 Å². The lowest BCUT2D eigenvalue weighted by molar-refractivity contribution is -0.209. The lowest BCUT2D eigenvalue weighted by atomic mass is 10.1. The Balaban J connectivity index is 2.04. The standard InChI is InChI=1S/C14H18ClNO3/c1-14(2,13(17)16-9-3-4-10-18-16)19-12-7-5-11(15)6-8-12/h5-8H,3-4,9-10H2,1-2H3. The van der Waals surface area contributed by atoms with Crippen LogP contribution in [0.2, 0.25) is 5.02 Å². The van der Waals surface area contributed by atoms with Gasteiger partial charge in [-0.3, -0.25) is 9.63 Å². The Kier molecular flexibility index (Phi) is 4.32. The molecule has 0 spiro atoms. The van der Waals surface area contributed by atoms with E-state index in [0.29, 0.717) is 23.9 Å². The predicted molar refractivity (Wildman–Crippen MR) is 73.1 cm³/mol. The summed E-state index contributed by atoms with van der Waals surface area (Å²) in [6, 6.07) is 6.95. The van der Waals surface area contributed by atoms with Crippen molar-refractivity contribution in [3.8, 4) is 5.75 Å². The zero-order valence-electron chi connectivity index (χ0n) is 11.2. The number of nitrogens with zero attached hydrogens (tertiary/aromatic N) is 1. The lowest BCUT2D eigenvalue weighted by Crippen LogP contribution is -2.50. The van der Waals surface area contributed by atoms with Crippen molar-refractivity contribution < 1.29 is 14.4 Å². The van der Waals surface area contributed by atoms with Crippen molar-refractivity contribution in [2.75, 3.05) is 13.2 Å². The molecule has 0 saturated carbocycles. The Morgan fingerprint density at radius 3 is 2.58 bits per heavy atom. The number of carbonyl (C=O) groups is 1. The van der Waals surface area contributed by atoms with E-state index < -0.39 is 5.60 Å². The highest BCUT2D eigenvalue weighted by atomic mass is 35.5. The zero-order valence-corrected chi connectivity index (χ0v) is 11.9. The summed E-state index contributed by atoms with van der Waals surface area (Å²) in [5, 5.41) is 2.04. The molecule has 1 aromatic rings. The van der Waals surface area contributed by atoms with E-state index >= 15 is 0 Å². The number of ether oxygens (including phenoxy) is 1. The molecular formula is C14H18ClNO3. The molecule has 1 aliphatic heterocycles. The topological polar surface area (TPSA) is 38.8 Å². The van der Waals surface area contributed by atoms with Gasteiger partial charge < -0.3 is 4.74 Å². The van der Waals surface area contributed by atoms with Gasteiger partial charge >= 0.3 is 0 Å². The second-order valence-electron chi connectivity index (χ2n) is 5.01. The first kappa shape index (κ1) is 14.2. The van der Waals surface area contributed by atoms with E-state index in [0.717, 1.165) is 12.8 Å². The van der Waals surface area contributed by atoms with Crippen molar-refractivity contribution in [1.82, 2.24) is 5.06 Å². The molecule has 4 nitrogen and oxygen atoms in total. The van der Waals surface area contributed by atoms with Gasteiger partial charge in [-0.2, -0.15) is 0 Å². The molecule has 1 fully saturated rings. The molecule has 0 aromatic heterocycles. The van der Waals surface area contributed by atoms with Gasteiger partial charge in [-0.15, -0.1) is 0 Å². The fourth-order valence-corrected chi connectivity index (χ4v) is 2.02. The van der Waals surface area contributed by atoms with Gasteiger partial charge in [0.05, 0.1) is 6.61 Å². The van der Waals surface area contributed by atoms with Crippen LogP contribution < -0.4 is 4.74 Å². The third kappa shape index (κ3) is 3.61. The summed E-state index contributed by atoms with van der Waals surface area (Å²) in [4.78, 5) is 17.7. The number of hydroxylamine groups is 2. The first-order valence-corrected chi connectivity index (χ1v) is 6.76. The van der Waals surface area contributed by atoms with E-state index in [9.17, 15) is 4.79 Å². The Labute approximate surface area is 118 Å². The minimum atomic E-state index is -0.967. The fraction of sp³-hybridized carbons (Fsp3) is 0.500. The van der Waals surface area contributed by atoms with E-state index in [1.54, 1.807) is 38.1 Å². The van der Waals surface area contributed by atoms with Crippen LogP contribution in [0.5, 0.6) is 5.75 Å². The smallest absolute Gasteiger partial charge is 0.289 e. The second kappa shape index (κ2) is 5.80. The van der Waals surface area contributed by atoms with Crippen LogP contribution in [0.15, 0.2) is 24.3 Å². The SMILES string of the molecule is CC(C)(Oc1ccc(Cl)cc1)C(=O)N1CCCCO1. The molecule has 5 heteroatoms. The van der Waals surface area contributed by atoms with Crippen LogP contribution in [0.4, 0.5) is 0 Å². The lowest BCUT2D eigenvalue weighted by Gasteiger charge is -2.33. The maximum absolute atomic E-state index is 12.3. The van der Waals surface area contributed by atoms with E-state index in [1.165, 1.54) is 5.06 Å². The number of benzene rings is 1. The monoisotopic (exact) mass is 283 g/mol. The number of halogens is 1. The maximum atomic E-state index is 12.3. The van der Waals surface area contributed by atoms with Crippen molar-refractivity contribution in [2.45, 2.75) is 32.3 Å². The molecule has 1 amide bonds. The molecule has 1 saturated heterocycles. The molecule has 2 rings (SSSR count). The first-order valence-electron chi connectivity index (χ1n) is 6.38. The van der Waals surface area contributed by atoms with Crippen molar-refractivity contribution in [2.24, 2.45) is 0 Å². The summed E-state index contributed by atoms with van der Waals surface area (Å²) in [5.41, 5.74) is -0.967. The summed E-state index contributed by atoms with van der Waals surface area (Å²) in [6.45, 7) is 4.68. The third-order valence-electron chi connectivity index (χ3n) is 2.93. The van der Waals surface area contributed by atoms with Gasteiger partial charge in [-0.25, -0.2) is 5.06 Å². The van der Waals surface area contributed by atoms with Crippen molar-refractivity contribution >= 4 is 17.5 Å². The molecule has 0 aliphatic carbocycles. The number of amides is 1. The first-order chi connectivity index (χ1) is 8.99. The summed E-state index contributed by atoms with van der Waals surface area (Å²) in [7, 11) is 0. The summed E-state index contributed by atoms with van der Waals surface area (Å²) in [5.74, 6) is 0.446. The second-order valence-corrected chi connectivity index (χ2v) is 5.45. The molecule has 104 valence electrons. The summed E-state index contributed by atoms with van der Waals surface area (Å²) in [6.07, 6.45) is 1.95. The largest absolute Gasteiger partial charge is 0.478 e. The van der Waals surface area contributed by atoms with E-state index in [2.05, 4.69) is 0 Å². The minimum Gasteiger partial charge on any atom is -0.478 e. The molecule has 0 radical (unpaired) electrons. The molecule has 0 bridgehead atoms. The van der Waals surface area contributed by atoms with Crippen molar-refractivity contribution in [1.29, 1.82) is 0 Å². The molecule has 0 atom stereocenters. The molecule has 1 aromatic carbocycles. The highest BCUT2D eigenvalue weighted by Crippen LogP contribution is 2.23. The average Bonchev–Trinajstić information content (AvgIpc) is 2.41. The van der Waals surface area contributed by atoms with Gasteiger partial charge in [-0.1, -0.05) is 11.6 Å². The van der Waals surface area contributed by atoms with Crippen molar-refractivity contribution in [3.05, 3.63) is 29.3 Å². The molecule has 0 unspecified atom stereocenters. The van der Waals surface area contributed by atoms with Gasteiger partial charge in [0.2, 0.25) is 0 Å². The Morgan fingerprint density at radius 2 is 2.00 bits per heavy atom. The van der Waals surface area contributed by atoms with Gasteiger partial charge in [0.15, 0.2) is 5.60 Å². The van der Waals surface area contributed by atoms with Crippen molar-refractivity contribution in [3.63, 3.8) is 0 Å². The van der Waals surface area contributed by atoms with Crippen LogP contribution in [0.25, 0.3) is 0 Å². The molecule has 19 heavy (non-hydrogen) atoms. The van der Waals surface area contributed by atoms with Crippen LogP contribution in [0, 0.1) is 0 Å². The highest BCUT2D eigenvalue weighted by Gasteiger charge is 2.35. The normalized spacial score (nSPS) is 16.3. The Morgan fingerprint density at radius 1 is 1.32 bits per heavy atom. The Bertz CT molecular complexity index is 439. The van der Waals surface area contributed by atoms with Crippen LogP contribution >= 0.6 is 11.6 Å². The molecular weight excluding hydrogens is 266 g/mol. The third-order valence-corrected chi connectivity index (χ3v) is 3.18. The average molecular weight is 284 g/mol. The van der Waals surface area contributed by atoms with Gasteiger partial charge in [-0.05, 0) is 51.0 Å². The quantitative estimate of drug-likeness (QED) is 0.856. The zero-order chi connectivity index (χ0) is 13.9. The van der Waals surface area contributed by atoms with Crippen LogP contribution in [0.1, 0.15) is 26.7 Å². The number of rotatable bonds is 3. The van der Waals surface area contributed by atoms with Crippen LogP contribution in [-0.4, -0.2) is 29.7 Å². The van der Waals surface area contributed by atoms with Crippen LogP contribution in [-0.2, 0) is 9.63 Å². The van der Waals surface area contributed by atoms with Gasteiger partial charge in [0, 0.05) is 11.6 Å². The maximum Gasteiger partial charge on any atom is 0.289 e. The van der Waals surface area contributed by atoms with Crippen LogP contribution in [0.3, 0.4) is 0 Å². The summed E-state index contributed by atoms with van der Waals surface area (Å²) >= 11 is 5.82. The number of hydrogen-bond donors (Lipinski definition) is 0. The fourth-order valence-electron chi connectivity index (χ4n) is 1.90.